The molecule has 0 radical (unpaired) electrons. The number of aromatic nitrogens is 2. The Morgan fingerprint density at radius 3 is 3.05 bits per heavy atom. The first-order chi connectivity index (χ1) is 10.3. The Bertz CT molecular complexity index is 633. The van der Waals surface area contributed by atoms with Gasteiger partial charge in [0.2, 0.25) is 11.8 Å². The van der Waals surface area contributed by atoms with Crippen molar-refractivity contribution in [1.82, 2.24) is 15.0 Å². The summed E-state index contributed by atoms with van der Waals surface area (Å²) >= 11 is 1.63. The molecule has 1 saturated carbocycles. The molecule has 2 aromatic heterocycles. The highest BCUT2D eigenvalue weighted by Crippen LogP contribution is 2.39. The zero-order valence-corrected chi connectivity index (χ0v) is 12.5. The van der Waals surface area contributed by atoms with E-state index in [1.54, 1.807) is 11.3 Å². The van der Waals surface area contributed by atoms with E-state index in [1.807, 2.05) is 21.7 Å². The molecular formula is C15H17N3O2S. The highest BCUT2D eigenvalue weighted by Gasteiger charge is 2.34. The number of hydrogen-bond donors (Lipinski definition) is 0. The molecule has 21 heavy (non-hydrogen) atoms. The van der Waals surface area contributed by atoms with Crippen LogP contribution in [0.1, 0.15) is 48.4 Å². The second kappa shape index (κ2) is 5.26. The molecule has 0 bridgehead atoms. The predicted molar refractivity (Wildman–Crippen MR) is 78.2 cm³/mol. The van der Waals surface area contributed by atoms with Crippen molar-refractivity contribution < 1.29 is 9.32 Å². The van der Waals surface area contributed by atoms with Gasteiger partial charge in [-0.25, -0.2) is 0 Å². The molecule has 4 rings (SSSR count). The summed E-state index contributed by atoms with van der Waals surface area (Å²) in [4.78, 5) is 18.7. The third kappa shape index (κ3) is 2.72. The van der Waals surface area contributed by atoms with Gasteiger partial charge < -0.3 is 9.42 Å². The van der Waals surface area contributed by atoms with Crippen LogP contribution in [-0.2, 0) is 11.2 Å². The lowest BCUT2D eigenvalue weighted by Gasteiger charge is -2.15. The first-order valence-electron chi connectivity index (χ1n) is 7.42. The Labute approximate surface area is 127 Å². The minimum absolute atomic E-state index is 0.192. The highest BCUT2D eigenvalue weighted by atomic mass is 32.1. The lowest BCUT2D eigenvalue weighted by molar-refractivity contribution is -0.129. The van der Waals surface area contributed by atoms with Gasteiger partial charge >= 0.3 is 0 Å². The van der Waals surface area contributed by atoms with Crippen molar-refractivity contribution in [3.05, 3.63) is 34.1 Å². The highest BCUT2D eigenvalue weighted by molar-refractivity contribution is 7.07. The molecule has 2 fully saturated rings. The monoisotopic (exact) mass is 303 g/mol. The smallest absolute Gasteiger partial charge is 0.231 e. The minimum Gasteiger partial charge on any atom is -0.342 e. The molecule has 0 spiro atoms. The van der Waals surface area contributed by atoms with Crippen molar-refractivity contribution in [3.8, 4) is 0 Å². The molecule has 110 valence electrons. The van der Waals surface area contributed by atoms with Crippen molar-refractivity contribution in [3.63, 3.8) is 0 Å². The Hall–Kier alpha value is -1.69. The summed E-state index contributed by atoms with van der Waals surface area (Å²) in [5.41, 5.74) is 1.10. The van der Waals surface area contributed by atoms with Gasteiger partial charge in [0, 0.05) is 19.0 Å². The van der Waals surface area contributed by atoms with Gasteiger partial charge in [-0.2, -0.15) is 16.3 Å². The minimum atomic E-state index is 0.192. The molecule has 3 heterocycles. The molecule has 6 heteroatoms. The summed E-state index contributed by atoms with van der Waals surface area (Å²) in [5.74, 6) is 2.48. The fourth-order valence-electron chi connectivity index (χ4n) is 2.79. The second-order valence-electron chi connectivity index (χ2n) is 5.90. The van der Waals surface area contributed by atoms with Crippen LogP contribution < -0.4 is 0 Å². The van der Waals surface area contributed by atoms with Crippen LogP contribution >= 0.6 is 11.3 Å². The van der Waals surface area contributed by atoms with Gasteiger partial charge in [-0.3, -0.25) is 4.79 Å². The topological polar surface area (TPSA) is 59.2 Å². The van der Waals surface area contributed by atoms with E-state index in [0.29, 0.717) is 24.8 Å². The summed E-state index contributed by atoms with van der Waals surface area (Å²) in [5, 5.41) is 8.11. The molecule has 0 aromatic carbocycles. The Morgan fingerprint density at radius 1 is 1.38 bits per heavy atom. The van der Waals surface area contributed by atoms with Gasteiger partial charge in [-0.15, -0.1) is 0 Å². The number of rotatable bonds is 4. The van der Waals surface area contributed by atoms with E-state index in [1.165, 1.54) is 12.8 Å². The largest absolute Gasteiger partial charge is 0.342 e. The van der Waals surface area contributed by atoms with Crippen LogP contribution in [0.5, 0.6) is 0 Å². The molecule has 1 aliphatic heterocycles. The van der Waals surface area contributed by atoms with Crippen molar-refractivity contribution in [2.45, 2.75) is 37.5 Å². The van der Waals surface area contributed by atoms with E-state index in [-0.39, 0.29) is 11.8 Å². The second-order valence-corrected chi connectivity index (χ2v) is 6.68. The molecule has 0 N–H and O–H groups in total. The molecular weight excluding hydrogens is 286 g/mol. The summed E-state index contributed by atoms with van der Waals surface area (Å²) in [6.07, 6.45) is 3.76. The normalized spacial score (nSPS) is 21.9. The molecule has 1 aliphatic carbocycles. The van der Waals surface area contributed by atoms with E-state index < -0.39 is 0 Å². The van der Waals surface area contributed by atoms with Gasteiger partial charge in [0.15, 0.2) is 5.82 Å². The maximum Gasteiger partial charge on any atom is 0.231 e. The fraction of sp³-hybridized carbons (Fsp3) is 0.533. The maximum absolute atomic E-state index is 12.3. The lowest BCUT2D eigenvalue weighted by Crippen LogP contribution is -2.29. The zero-order valence-electron chi connectivity index (χ0n) is 11.7. The fourth-order valence-corrected chi connectivity index (χ4v) is 3.46. The Kier molecular flexibility index (Phi) is 3.25. The number of thiophene rings is 1. The molecule has 1 saturated heterocycles. The van der Waals surface area contributed by atoms with E-state index in [2.05, 4.69) is 10.1 Å². The van der Waals surface area contributed by atoms with Crippen LogP contribution in [0.3, 0.4) is 0 Å². The van der Waals surface area contributed by atoms with Crippen molar-refractivity contribution >= 4 is 17.2 Å². The Morgan fingerprint density at radius 2 is 2.29 bits per heavy atom. The zero-order chi connectivity index (χ0) is 14.2. The van der Waals surface area contributed by atoms with E-state index >= 15 is 0 Å². The van der Waals surface area contributed by atoms with Crippen LogP contribution in [0.2, 0.25) is 0 Å². The van der Waals surface area contributed by atoms with Gasteiger partial charge in [0.1, 0.15) is 0 Å². The molecule has 2 aromatic rings. The van der Waals surface area contributed by atoms with Crippen molar-refractivity contribution in [1.29, 1.82) is 0 Å². The summed E-state index contributed by atoms with van der Waals surface area (Å²) < 4.78 is 5.39. The molecule has 2 aliphatic rings. The SMILES string of the molecule is O=C(Cc1ccsc1)N1CCC(c2nc(C3CC3)no2)C1. The summed E-state index contributed by atoms with van der Waals surface area (Å²) in [6.45, 7) is 1.49. The van der Waals surface area contributed by atoms with Crippen LogP contribution in [0.25, 0.3) is 0 Å². The average Bonchev–Trinajstić information content (AvgIpc) is 2.94. The van der Waals surface area contributed by atoms with E-state index in [4.69, 9.17) is 4.52 Å². The third-order valence-corrected chi connectivity index (χ3v) is 4.96. The average molecular weight is 303 g/mol. The van der Waals surface area contributed by atoms with Crippen molar-refractivity contribution in [2.75, 3.05) is 13.1 Å². The van der Waals surface area contributed by atoms with Crippen LogP contribution in [0, 0.1) is 0 Å². The van der Waals surface area contributed by atoms with Crippen LogP contribution in [-0.4, -0.2) is 34.0 Å². The first-order valence-corrected chi connectivity index (χ1v) is 8.36. The van der Waals surface area contributed by atoms with Crippen LogP contribution in [0.15, 0.2) is 21.3 Å². The first kappa shape index (κ1) is 13.0. The number of likely N-dealkylation sites (tertiary alicyclic amines) is 1. The van der Waals surface area contributed by atoms with E-state index in [9.17, 15) is 4.79 Å². The molecule has 1 atom stereocenters. The van der Waals surface area contributed by atoms with Crippen LogP contribution in [0.4, 0.5) is 0 Å². The van der Waals surface area contributed by atoms with Crippen molar-refractivity contribution in [2.24, 2.45) is 0 Å². The lowest BCUT2D eigenvalue weighted by atomic mass is 10.1. The molecule has 5 nitrogen and oxygen atoms in total. The van der Waals surface area contributed by atoms with Gasteiger partial charge in [0.25, 0.3) is 0 Å². The third-order valence-electron chi connectivity index (χ3n) is 4.23. The summed E-state index contributed by atoms with van der Waals surface area (Å²) in [7, 11) is 0. The van der Waals surface area contributed by atoms with Gasteiger partial charge in [-0.1, -0.05) is 5.16 Å². The van der Waals surface area contributed by atoms with E-state index in [0.717, 1.165) is 24.4 Å². The standard InChI is InChI=1S/C15H17N3O2S/c19-13(7-10-4-6-21-9-10)18-5-3-12(8-18)15-16-14(17-20-15)11-1-2-11/h4,6,9,11-12H,1-3,5,7-8H2. The molecule has 1 unspecified atom stereocenters. The predicted octanol–water partition coefficient (Wildman–Crippen LogP) is 2.57. The van der Waals surface area contributed by atoms with Gasteiger partial charge in [0.05, 0.1) is 12.3 Å². The molecule has 1 amide bonds. The number of amides is 1. The number of carbonyl (C=O) groups excluding carboxylic acids is 1. The number of carbonyl (C=O) groups is 1. The van der Waals surface area contributed by atoms with Gasteiger partial charge in [-0.05, 0) is 41.7 Å². The summed E-state index contributed by atoms with van der Waals surface area (Å²) in [6, 6.07) is 2.01. The maximum atomic E-state index is 12.3. The number of nitrogens with zero attached hydrogens (tertiary/aromatic N) is 3. The quantitative estimate of drug-likeness (QED) is 0.871. The number of hydrogen-bond acceptors (Lipinski definition) is 5. The Balaban J connectivity index is 1.38.